The monoisotopic (exact) mass is 747 g/mol. The van der Waals surface area contributed by atoms with Gasteiger partial charge in [-0.25, -0.2) is 0 Å². The van der Waals surface area contributed by atoms with Crippen molar-refractivity contribution in [3.05, 3.63) is 99.2 Å². The summed E-state index contributed by atoms with van der Waals surface area (Å²) in [5, 5.41) is 14.9. The number of nitrogens with one attached hydrogen (secondary N) is 1. The Kier molecular flexibility index (Phi) is 9.56. The number of hydrogen-bond donors (Lipinski definition) is 2. The average Bonchev–Trinajstić information content (AvgIpc) is 3.29. The van der Waals surface area contributed by atoms with Gasteiger partial charge in [0.2, 0.25) is 5.91 Å². The van der Waals surface area contributed by atoms with E-state index in [-0.39, 0.29) is 53.4 Å². The van der Waals surface area contributed by atoms with Gasteiger partial charge in [0.1, 0.15) is 34.2 Å². The summed E-state index contributed by atoms with van der Waals surface area (Å²) < 4.78 is 26.5. The van der Waals surface area contributed by atoms with Crippen LogP contribution in [0.15, 0.2) is 76.9 Å². The highest BCUT2D eigenvalue weighted by atomic mass is 16.6. The van der Waals surface area contributed by atoms with Gasteiger partial charge in [-0.2, -0.15) is 0 Å². The van der Waals surface area contributed by atoms with E-state index in [0.29, 0.717) is 53.0 Å². The Morgan fingerprint density at radius 1 is 1.00 bits per heavy atom. The third-order valence-electron chi connectivity index (χ3n) is 12.1. The number of ether oxygens (including phenoxy) is 4. The Bertz CT molecular complexity index is 2140. The van der Waals surface area contributed by atoms with Crippen LogP contribution in [0.1, 0.15) is 108 Å². The molecule has 5 unspecified atom stereocenters. The molecule has 2 N–H and O–H groups in total. The molecule has 9 nitrogen and oxygen atoms in total. The lowest BCUT2D eigenvalue weighted by molar-refractivity contribution is -0.171. The van der Waals surface area contributed by atoms with E-state index in [0.717, 1.165) is 17.6 Å². The minimum atomic E-state index is -1.61. The number of methoxy groups -OCH3 is 1. The van der Waals surface area contributed by atoms with E-state index in [4.69, 9.17) is 18.9 Å². The normalized spacial score (nSPS) is 27.9. The van der Waals surface area contributed by atoms with Gasteiger partial charge in [0.05, 0.1) is 18.3 Å². The summed E-state index contributed by atoms with van der Waals surface area (Å²) in [6, 6.07) is 7.48. The standard InChI is InChI=1S/C46H53NO8/c1-26(2)13-12-20-44(8)21-19-31-37(48)36-38(49)33-23-30-24-35-43(6,7)55-45(41(30)50,46(33,35)54-40(36)32(39(31)53-44)17-16-27(3)4)22-18-28(5)42(51)47-25-29-14-10-11-15-34(29)52-9/h10-11,13-16,18-19,21,23,30,35,48H,12,17,20,22,24-25H2,1-9H3,(H,47,51). The number of amides is 1. The number of hydrogen-bond acceptors (Lipinski definition) is 8. The van der Waals surface area contributed by atoms with Crippen LogP contribution in [0.4, 0.5) is 0 Å². The van der Waals surface area contributed by atoms with E-state index >= 15 is 4.79 Å². The van der Waals surface area contributed by atoms with E-state index in [1.54, 1.807) is 26.2 Å². The molecule has 3 heterocycles. The molecule has 290 valence electrons. The molecule has 1 amide bonds. The lowest BCUT2D eigenvalue weighted by atomic mass is 9.51. The summed E-state index contributed by atoms with van der Waals surface area (Å²) in [5.74, 6) is -0.667. The van der Waals surface area contributed by atoms with Gasteiger partial charge < -0.3 is 29.4 Å². The molecule has 3 aliphatic carbocycles. The molecule has 2 aromatic rings. The molecular formula is C46H53NO8. The third kappa shape index (κ3) is 6.06. The molecule has 3 aliphatic heterocycles. The van der Waals surface area contributed by atoms with Gasteiger partial charge >= 0.3 is 0 Å². The first-order valence-corrected chi connectivity index (χ1v) is 19.3. The Morgan fingerprint density at radius 2 is 1.73 bits per heavy atom. The van der Waals surface area contributed by atoms with Gasteiger partial charge in [-0.15, -0.1) is 0 Å². The largest absolute Gasteiger partial charge is 0.506 e. The molecule has 9 heteroatoms. The SMILES string of the molecule is COc1ccccc1CNC(=O)C(C)=CCC12OC(C)(C)C3CC(C=C4C(=O)c5c(O)c6c(c(CC=C(C)C)c5OC431)OC(C)(CCC=C(C)C)C=C6)C2=O. The van der Waals surface area contributed by atoms with Crippen molar-refractivity contribution in [2.24, 2.45) is 11.8 Å². The summed E-state index contributed by atoms with van der Waals surface area (Å²) in [6.45, 7) is 16.0. The van der Waals surface area contributed by atoms with Crippen LogP contribution in [0, 0.1) is 11.8 Å². The van der Waals surface area contributed by atoms with Crippen LogP contribution in [-0.4, -0.2) is 52.1 Å². The van der Waals surface area contributed by atoms with Crippen molar-refractivity contribution in [1.82, 2.24) is 5.32 Å². The van der Waals surface area contributed by atoms with E-state index in [9.17, 15) is 14.7 Å². The number of Topliss-reactive ketones (excluding diaryl/α,β-unsaturated/α-hetero) is 2. The number of carbonyl (C=O) groups is 3. The molecule has 0 radical (unpaired) electrons. The average molecular weight is 748 g/mol. The fourth-order valence-electron chi connectivity index (χ4n) is 9.34. The molecule has 55 heavy (non-hydrogen) atoms. The van der Waals surface area contributed by atoms with Gasteiger partial charge in [0, 0.05) is 47.1 Å². The maximum Gasteiger partial charge on any atom is 0.246 e. The molecule has 0 aromatic heterocycles. The fraction of sp³-hybridized carbons (Fsp3) is 0.457. The van der Waals surface area contributed by atoms with Gasteiger partial charge in [-0.3, -0.25) is 14.4 Å². The van der Waals surface area contributed by atoms with Crippen LogP contribution in [0.3, 0.4) is 0 Å². The number of allylic oxidation sites excluding steroid dienone is 5. The van der Waals surface area contributed by atoms with Crippen LogP contribution in [0.25, 0.3) is 6.08 Å². The molecule has 1 spiro atoms. The number of para-hydroxylation sites is 1. The van der Waals surface area contributed by atoms with E-state index in [1.807, 2.05) is 71.0 Å². The number of benzene rings is 2. The predicted molar refractivity (Wildman–Crippen MR) is 211 cm³/mol. The van der Waals surface area contributed by atoms with Gasteiger partial charge in [-0.1, -0.05) is 53.6 Å². The Balaban J connectivity index is 1.33. The van der Waals surface area contributed by atoms with Crippen LogP contribution < -0.4 is 19.5 Å². The van der Waals surface area contributed by atoms with Crippen LogP contribution in [0.5, 0.6) is 23.0 Å². The van der Waals surface area contributed by atoms with Crippen LogP contribution in [0.2, 0.25) is 0 Å². The number of ketones is 2. The molecule has 2 aromatic carbocycles. The highest BCUT2D eigenvalue weighted by Gasteiger charge is 2.81. The number of carbonyl (C=O) groups excluding carboxylic acids is 3. The molecule has 2 fully saturated rings. The summed E-state index contributed by atoms with van der Waals surface area (Å²) in [5.41, 5.74) is 0.331. The van der Waals surface area contributed by atoms with Gasteiger partial charge in [0.15, 0.2) is 22.8 Å². The van der Waals surface area contributed by atoms with Crippen molar-refractivity contribution in [3.8, 4) is 23.0 Å². The molecule has 4 bridgehead atoms. The van der Waals surface area contributed by atoms with E-state index in [1.165, 1.54) is 5.57 Å². The molecule has 5 atom stereocenters. The maximum absolute atomic E-state index is 15.0. The fourth-order valence-corrected chi connectivity index (χ4v) is 9.34. The van der Waals surface area contributed by atoms with Crippen LogP contribution in [-0.2, 0) is 27.3 Å². The topological polar surface area (TPSA) is 120 Å². The minimum Gasteiger partial charge on any atom is -0.506 e. The Hall–Kier alpha value is -4.89. The highest BCUT2D eigenvalue weighted by molar-refractivity contribution is 6.19. The van der Waals surface area contributed by atoms with Crippen molar-refractivity contribution >= 4 is 23.5 Å². The van der Waals surface area contributed by atoms with Crippen molar-refractivity contribution in [2.45, 2.75) is 116 Å². The second-order valence-corrected chi connectivity index (χ2v) is 17.0. The number of aromatic hydroxyl groups is 1. The summed E-state index contributed by atoms with van der Waals surface area (Å²) in [4.78, 5) is 43.2. The van der Waals surface area contributed by atoms with Crippen molar-refractivity contribution in [1.29, 1.82) is 0 Å². The quantitative estimate of drug-likeness (QED) is 0.174. The second-order valence-electron chi connectivity index (χ2n) is 17.0. The lowest BCUT2D eigenvalue weighted by Crippen LogP contribution is -2.72. The van der Waals surface area contributed by atoms with Crippen LogP contribution >= 0.6 is 0 Å². The van der Waals surface area contributed by atoms with Gasteiger partial charge in [-0.05, 0) is 99.3 Å². The molecule has 8 rings (SSSR count). The number of fused-ring (bicyclic) bond motifs is 2. The summed E-state index contributed by atoms with van der Waals surface area (Å²) in [7, 11) is 1.59. The number of rotatable bonds is 11. The minimum absolute atomic E-state index is 0.0119. The summed E-state index contributed by atoms with van der Waals surface area (Å²) in [6.07, 6.45) is 13.8. The second kappa shape index (κ2) is 13.7. The third-order valence-corrected chi connectivity index (χ3v) is 12.1. The molecule has 6 aliphatic rings. The Labute approximate surface area is 324 Å². The van der Waals surface area contributed by atoms with E-state index in [2.05, 4.69) is 31.3 Å². The first-order valence-electron chi connectivity index (χ1n) is 19.3. The zero-order valence-corrected chi connectivity index (χ0v) is 33.5. The molecular weight excluding hydrogens is 695 g/mol. The molecule has 1 saturated carbocycles. The smallest absolute Gasteiger partial charge is 0.246 e. The number of phenols is 1. The lowest BCUT2D eigenvalue weighted by Gasteiger charge is -2.56. The zero-order valence-electron chi connectivity index (χ0n) is 33.5. The predicted octanol–water partition coefficient (Wildman–Crippen LogP) is 8.48. The van der Waals surface area contributed by atoms with Crippen molar-refractivity contribution in [3.63, 3.8) is 0 Å². The van der Waals surface area contributed by atoms with E-state index < -0.39 is 28.3 Å². The zero-order chi connectivity index (χ0) is 39.7. The molecule has 1 saturated heterocycles. The van der Waals surface area contributed by atoms with Crippen molar-refractivity contribution in [2.75, 3.05) is 7.11 Å². The highest BCUT2D eigenvalue weighted by Crippen LogP contribution is 2.68. The summed E-state index contributed by atoms with van der Waals surface area (Å²) >= 11 is 0. The first kappa shape index (κ1) is 38.4. The first-order chi connectivity index (χ1) is 26.0. The Morgan fingerprint density at radius 3 is 2.44 bits per heavy atom. The maximum atomic E-state index is 15.0. The van der Waals surface area contributed by atoms with Crippen molar-refractivity contribution < 1.29 is 38.4 Å². The number of phenolic OH excluding ortho intramolecular Hbond substituents is 1. The van der Waals surface area contributed by atoms with Gasteiger partial charge in [0.25, 0.3) is 0 Å².